The highest BCUT2D eigenvalue weighted by Gasteiger charge is 2.22. The SMILES string of the molecule is c1ccc2cc(-c3ccc4c(ccc5cc(N(c6cc7oc(-c8cccc9ccccc89)nc7cn6)c6cc7oc(-c8cccc9ccccc89)nc7cn6)ccc54)c3)ccc2c1. The van der Waals surface area contributed by atoms with Crippen LogP contribution < -0.4 is 4.90 Å². The van der Waals surface area contributed by atoms with Crippen molar-refractivity contribution in [2.75, 3.05) is 4.90 Å². The van der Waals surface area contributed by atoms with Gasteiger partial charge in [0.05, 0.1) is 12.4 Å². The molecule has 0 aliphatic carbocycles. The first kappa shape index (κ1) is 35.1. The number of fused-ring (bicyclic) bond motifs is 8. The highest BCUT2D eigenvalue weighted by atomic mass is 16.4. The standard InChI is InChI=1S/C56H33N5O2/c1-2-12-37-27-38(20-19-34(37)9-1)39-23-25-45-40(28-39)21-22-41-29-42(24-26-46(41)45)61(53-30-51-49(32-57-53)59-55(62-51)47-17-7-13-35-10-3-5-15-43(35)47)54-31-52-50(33-58-54)60-56(63-52)48-18-8-14-36-11-4-6-16-44(36)48/h1-33H. The van der Waals surface area contributed by atoms with Gasteiger partial charge in [-0.15, -0.1) is 0 Å². The fourth-order valence-electron chi connectivity index (χ4n) is 9.07. The van der Waals surface area contributed by atoms with Crippen LogP contribution in [0.5, 0.6) is 0 Å². The van der Waals surface area contributed by atoms with Crippen LogP contribution in [0.25, 0.3) is 110 Å². The summed E-state index contributed by atoms with van der Waals surface area (Å²) in [4.78, 5) is 21.8. The largest absolute Gasteiger partial charge is 0.436 e. The molecule has 0 bridgehead atoms. The van der Waals surface area contributed by atoms with Crippen LogP contribution in [0.15, 0.2) is 209 Å². The fourth-order valence-corrected chi connectivity index (χ4v) is 9.07. The Kier molecular flexibility index (Phi) is 7.77. The van der Waals surface area contributed by atoms with Gasteiger partial charge >= 0.3 is 0 Å². The van der Waals surface area contributed by atoms with Crippen molar-refractivity contribution < 1.29 is 8.83 Å². The van der Waals surface area contributed by atoms with Crippen molar-refractivity contribution in [2.24, 2.45) is 0 Å². The minimum Gasteiger partial charge on any atom is -0.436 e. The summed E-state index contributed by atoms with van der Waals surface area (Å²) in [5.41, 5.74) is 7.65. The highest BCUT2D eigenvalue weighted by molar-refractivity contribution is 6.10. The van der Waals surface area contributed by atoms with Crippen LogP contribution in [0, 0.1) is 0 Å². The summed E-state index contributed by atoms with van der Waals surface area (Å²) in [6, 6.07) is 65.5. The Hall–Kier alpha value is -8.68. The Morgan fingerprint density at radius 2 is 0.825 bits per heavy atom. The van der Waals surface area contributed by atoms with Crippen LogP contribution in [-0.4, -0.2) is 19.9 Å². The number of hydrogen-bond acceptors (Lipinski definition) is 7. The van der Waals surface area contributed by atoms with E-state index < -0.39 is 0 Å². The minimum absolute atomic E-state index is 0.538. The molecule has 0 atom stereocenters. The van der Waals surface area contributed by atoms with E-state index in [1.165, 1.54) is 32.7 Å². The molecule has 0 aliphatic rings. The maximum atomic E-state index is 6.54. The Balaban J connectivity index is 0.939. The summed E-state index contributed by atoms with van der Waals surface area (Å²) in [5.74, 6) is 2.31. The molecule has 294 valence electrons. The predicted octanol–water partition coefficient (Wildman–Crippen LogP) is 15.0. The molecule has 0 saturated carbocycles. The van der Waals surface area contributed by atoms with Gasteiger partial charge in [0.1, 0.15) is 22.7 Å². The second kappa shape index (κ2) is 13.9. The normalized spacial score (nSPS) is 11.8. The van der Waals surface area contributed by atoms with Crippen LogP contribution in [0.3, 0.4) is 0 Å². The van der Waals surface area contributed by atoms with Crippen molar-refractivity contribution in [3.05, 3.63) is 200 Å². The third kappa shape index (κ3) is 5.90. The molecular formula is C56H33N5O2. The predicted molar refractivity (Wildman–Crippen MR) is 256 cm³/mol. The van der Waals surface area contributed by atoms with Gasteiger partial charge in [0.25, 0.3) is 0 Å². The van der Waals surface area contributed by atoms with Crippen LogP contribution in [0.1, 0.15) is 0 Å². The number of aromatic nitrogens is 4. The first-order chi connectivity index (χ1) is 31.2. The van der Waals surface area contributed by atoms with Gasteiger partial charge < -0.3 is 8.83 Å². The molecule has 0 N–H and O–H groups in total. The number of hydrogen-bond donors (Lipinski definition) is 0. The zero-order valence-corrected chi connectivity index (χ0v) is 33.6. The number of nitrogens with zero attached hydrogens (tertiary/aromatic N) is 5. The van der Waals surface area contributed by atoms with Crippen molar-refractivity contribution in [2.45, 2.75) is 0 Å². The van der Waals surface area contributed by atoms with E-state index in [0.29, 0.717) is 45.6 Å². The van der Waals surface area contributed by atoms with Crippen molar-refractivity contribution in [3.63, 3.8) is 0 Å². The van der Waals surface area contributed by atoms with Crippen molar-refractivity contribution in [1.82, 2.24) is 19.9 Å². The molecule has 7 nitrogen and oxygen atoms in total. The van der Waals surface area contributed by atoms with Crippen molar-refractivity contribution >= 4 is 93.4 Å². The van der Waals surface area contributed by atoms with Gasteiger partial charge in [-0.1, -0.05) is 140 Å². The van der Waals surface area contributed by atoms with E-state index >= 15 is 0 Å². The van der Waals surface area contributed by atoms with Gasteiger partial charge in [-0.3, -0.25) is 4.90 Å². The van der Waals surface area contributed by atoms with Gasteiger partial charge in [-0.2, -0.15) is 0 Å². The van der Waals surface area contributed by atoms with Crippen LogP contribution in [0.4, 0.5) is 17.3 Å². The molecule has 0 spiro atoms. The average Bonchev–Trinajstić information content (AvgIpc) is 3.97. The third-order valence-electron chi connectivity index (χ3n) is 12.2. The topological polar surface area (TPSA) is 81.1 Å². The summed E-state index contributed by atoms with van der Waals surface area (Å²) in [7, 11) is 0. The van der Waals surface area contributed by atoms with E-state index in [4.69, 9.17) is 28.8 Å². The molecule has 0 radical (unpaired) electrons. The number of oxazole rings is 2. The van der Waals surface area contributed by atoms with E-state index in [0.717, 1.165) is 49.1 Å². The first-order valence-electron chi connectivity index (χ1n) is 20.9. The maximum absolute atomic E-state index is 6.54. The Morgan fingerprint density at radius 3 is 1.44 bits per heavy atom. The molecule has 4 heterocycles. The summed E-state index contributed by atoms with van der Waals surface area (Å²) in [5, 5.41) is 11.4. The molecule has 4 aromatic heterocycles. The third-order valence-corrected chi connectivity index (χ3v) is 12.2. The molecule has 9 aromatic carbocycles. The summed E-state index contributed by atoms with van der Waals surface area (Å²) < 4.78 is 13.1. The van der Waals surface area contributed by atoms with Crippen molar-refractivity contribution in [3.8, 4) is 34.0 Å². The highest BCUT2D eigenvalue weighted by Crippen LogP contribution is 2.40. The number of rotatable bonds is 6. The number of anilines is 3. The molecule has 7 heteroatoms. The zero-order chi connectivity index (χ0) is 41.4. The molecule has 0 amide bonds. The lowest BCUT2D eigenvalue weighted by Crippen LogP contribution is -2.13. The molecule has 0 unspecified atom stereocenters. The smallest absolute Gasteiger partial charge is 0.227 e. The van der Waals surface area contributed by atoms with Gasteiger partial charge in [-0.25, -0.2) is 19.9 Å². The number of pyridine rings is 2. The maximum Gasteiger partial charge on any atom is 0.227 e. The Labute approximate surface area is 360 Å². The van der Waals surface area contributed by atoms with E-state index in [1.54, 1.807) is 12.4 Å². The second-order valence-corrected chi connectivity index (χ2v) is 15.9. The van der Waals surface area contributed by atoms with E-state index in [9.17, 15) is 0 Å². The van der Waals surface area contributed by atoms with Gasteiger partial charge in [0.15, 0.2) is 11.2 Å². The first-order valence-corrected chi connectivity index (χ1v) is 20.9. The van der Waals surface area contributed by atoms with Gasteiger partial charge in [0.2, 0.25) is 11.8 Å². The lowest BCUT2D eigenvalue weighted by Gasteiger charge is -2.23. The lowest BCUT2D eigenvalue weighted by atomic mass is 9.96. The molecule has 0 fully saturated rings. The molecule has 13 rings (SSSR count). The Bertz CT molecular complexity index is 3790. The van der Waals surface area contributed by atoms with Crippen LogP contribution in [0.2, 0.25) is 0 Å². The summed E-state index contributed by atoms with van der Waals surface area (Å²) in [6.45, 7) is 0. The molecule has 0 aliphatic heterocycles. The molecule has 63 heavy (non-hydrogen) atoms. The zero-order valence-electron chi connectivity index (χ0n) is 33.6. The fraction of sp³-hybridized carbons (Fsp3) is 0. The molecule has 13 aromatic rings. The quantitative estimate of drug-likeness (QED) is 0.155. The molecular weight excluding hydrogens is 775 g/mol. The minimum atomic E-state index is 0.538. The van der Waals surface area contributed by atoms with Crippen molar-refractivity contribution in [1.29, 1.82) is 0 Å². The summed E-state index contributed by atoms with van der Waals surface area (Å²) >= 11 is 0. The Morgan fingerprint density at radius 1 is 0.349 bits per heavy atom. The van der Waals surface area contributed by atoms with E-state index in [1.807, 2.05) is 65.6 Å². The van der Waals surface area contributed by atoms with E-state index in [-0.39, 0.29) is 0 Å². The van der Waals surface area contributed by atoms with Crippen LogP contribution >= 0.6 is 0 Å². The molecule has 0 saturated heterocycles. The summed E-state index contributed by atoms with van der Waals surface area (Å²) in [6.07, 6.45) is 3.53. The number of benzene rings is 9. The van der Waals surface area contributed by atoms with Gasteiger partial charge in [-0.05, 0) is 101 Å². The van der Waals surface area contributed by atoms with Gasteiger partial charge in [0, 0.05) is 28.9 Å². The van der Waals surface area contributed by atoms with E-state index in [2.05, 4.69) is 127 Å². The average molecular weight is 808 g/mol. The van der Waals surface area contributed by atoms with Crippen LogP contribution in [-0.2, 0) is 0 Å². The second-order valence-electron chi connectivity index (χ2n) is 15.9. The monoisotopic (exact) mass is 807 g/mol. The lowest BCUT2D eigenvalue weighted by molar-refractivity contribution is 0.620.